The topological polar surface area (TPSA) is 94.6 Å². The second kappa shape index (κ2) is 10.2. The standard InChI is InChI=1S/C27H32Cl2N4O3/c1-16-17(7-18-3-2-5-30-25(18)31-16)4-6-33-14-27(15-33)12-20(13-27)26(36)32-23(11-24(34)35)19-8-21(28)10-22(29)9-19/h7-10,20,23H,2-6,11-15H2,1H3,(H,30,31)(H,32,36)(H,34,35)/t23-/m0/s1. The highest BCUT2D eigenvalue weighted by Gasteiger charge is 2.54. The monoisotopic (exact) mass is 530 g/mol. The molecule has 2 aromatic rings. The van der Waals surface area contributed by atoms with Gasteiger partial charge in [0.15, 0.2) is 0 Å². The van der Waals surface area contributed by atoms with Gasteiger partial charge in [-0.2, -0.15) is 0 Å². The number of aryl methyl sites for hydroxylation is 2. The van der Waals surface area contributed by atoms with Crippen molar-refractivity contribution in [1.29, 1.82) is 0 Å². The molecular weight excluding hydrogens is 499 g/mol. The average molecular weight is 531 g/mol. The van der Waals surface area contributed by atoms with E-state index in [1.807, 2.05) is 0 Å². The molecule has 3 aliphatic rings. The summed E-state index contributed by atoms with van der Waals surface area (Å²) in [6.07, 6.45) is 4.71. The van der Waals surface area contributed by atoms with Crippen LogP contribution in [-0.4, -0.2) is 53.0 Å². The number of nitrogens with one attached hydrogen (secondary N) is 2. The minimum Gasteiger partial charge on any atom is -0.481 e. The van der Waals surface area contributed by atoms with Gasteiger partial charge < -0.3 is 20.6 Å². The van der Waals surface area contributed by atoms with E-state index in [1.54, 1.807) is 18.2 Å². The van der Waals surface area contributed by atoms with Crippen molar-refractivity contribution in [1.82, 2.24) is 15.2 Å². The molecule has 1 spiro atoms. The molecule has 2 aliphatic heterocycles. The van der Waals surface area contributed by atoms with Crippen molar-refractivity contribution in [2.45, 2.75) is 51.5 Å². The van der Waals surface area contributed by atoms with Crippen LogP contribution >= 0.6 is 23.2 Å². The van der Waals surface area contributed by atoms with E-state index in [-0.39, 0.29) is 23.7 Å². The molecule has 2 fully saturated rings. The van der Waals surface area contributed by atoms with E-state index in [1.165, 1.54) is 11.1 Å². The van der Waals surface area contributed by atoms with Crippen molar-refractivity contribution in [3.05, 3.63) is 56.7 Å². The van der Waals surface area contributed by atoms with Crippen molar-refractivity contribution in [3.63, 3.8) is 0 Å². The molecule has 3 heterocycles. The number of carboxylic acid groups (broad SMARTS) is 1. The smallest absolute Gasteiger partial charge is 0.305 e. The van der Waals surface area contributed by atoms with Crippen LogP contribution in [0.25, 0.3) is 0 Å². The second-order valence-electron chi connectivity index (χ2n) is 10.7. The molecule has 1 aliphatic carbocycles. The molecule has 0 radical (unpaired) electrons. The van der Waals surface area contributed by atoms with E-state index >= 15 is 0 Å². The largest absolute Gasteiger partial charge is 0.481 e. The SMILES string of the molecule is Cc1nc2c(cc1CCN1CC3(CC(C(=O)N[C@@H](CC(=O)O)c4cc(Cl)cc(Cl)c4)C3)C1)CCCN2. The maximum atomic E-state index is 12.9. The van der Waals surface area contributed by atoms with Crippen LogP contribution in [0.4, 0.5) is 5.82 Å². The number of halogens is 2. The van der Waals surface area contributed by atoms with Crippen molar-refractivity contribution >= 4 is 40.9 Å². The van der Waals surface area contributed by atoms with Gasteiger partial charge in [-0.25, -0.2) is 4.98 Å². The van der Waals surface area contributed by atoms with Gasteiger partial charge in [0.05, 0.1) is 12.5 Å². The highest BCUT2D eigenvalue weighted by Crippen LogP contribution is 2.52. The number of nitrogens with zero attached hydrogens (tertiary/aromatic N) is 2. The maximum Gasteiger partial charge on any atom is 0.305 e. The number of hydrogen-bond donors (Lipinski definition) is 3. The number of aromatic nitrogens is 1. The Morgan fingerprint density at radius 3 is 2.64 bits per heavy atom. The Bertz CT molecular complexity index is 1150. The number of rotatable bonds is 8. The van der Waals surface area contributed by atoms with Crippen LogP contribution in [0, 0.1) is 18.3 Å². The molecule has 1 atom stereocenters. The number of carboxylic acids is 1. The normalized spacial score (nSPS) is 19.5. The third-order valence-electron chi connectivity index (χ3n) is 7.84. The lowest BCUT2D eigenvalue weighted by atomic mass is 9.57. The Morgan fingerprint density at radius 1 is 1.22 bits per heavy atom. The molecule has 36 heavy (non-hydrogen) atoms. The number of amides is 1. The number of likely N-dealkylation sites (tertiary alicyclic amines) is 1. The van der Waals surface area contributed by atoms with E-state index in [0.717, 1.165) is 69.8 Å². The van der Waals surface area contributed by atoms with Gasteiger partial charge in [0.25, 0.3) is 0 Å². The number of fused-ring (bicyclic) bond motifs is 1. The summed E-state index contributed by atoms with van der Waals surface area (Å²) in [4.78, 5) is 31.6. The molecule has 3 N–H and O–H groups in total. The minimum absolute atomic E-state index is 0.0855. The molecule has 192 valence electrons. The zero-order valence-electron chi connectivity index (χ0n) is 20.4. The van der Waals surface area contributed by atoms with Gasteiger partial charge >= 0.3 is 5.97 Å². The summed E-state index contributed by atoms with van der Waals surface area (Å²) in [5, 5.41) is 16.5. The number of benzene rings is 1. The number of carbonyl (C=O) groups is 2. The molecule has 5 rings (SSSR count). The predicted molar refractivity (Wildman–Crippen MR) is 141 cm³/mol. The Morgan fingerprint density at radius 2 is 1.94 bits per heavy atom. The summed E-state index contributed by atoms with van der Waals surface area (Å²) in [5.74, 6) is -0.117. The molecular formula is C27H32Cl2N4O3. The van der Waals surface area contributed by atoms with E-state index in [0.29, 0.717) is 15.6 Å². The lowest BCUT2D eigenvalue weighted by Crippen LogP contribution is -2.64. The number of aliphatic carboxylic acids is 1. The predicted octanol–water partition coefficient (Wildman–Crippen LogP) is 4.64. The molecule has 1 aromatic carbocycles. The number of pyridine rings is 1. The average Bonchev–Trinajstić information content (AvgIpc) is 2.75. The first kappa shape index (κ1) is 25.3. The lowest BCUT2D eigenvalue weighted by Gasteiger charge is -2.59. The fourth-order valence-corrected chi connectivity index (χ4v) is 6.58. The number of anilines is 1. The molecule has 0 unspecified atom stereocenters. The first-order chi connectivity index (χ1) is 17.2. The molecule has 1 aromatic heterocycles. The summed E-state index contributed by atoms with van der Waals surface area (Å²) in [6.45, 7) is 6.12. The van der Waals surface area contributed by atoms with Crippen molar-refractivity contribution in [3.8, 4) is 0 Å². The van der Waals surface area contributed by atoms with Crippen LogP contribution in [-0.2, 0) is 22.4 Å². The van der Waals surface area contributed by atoms with E-state index in [4.69, 9.17) is 28.2 Å². The van der Waals surface area contributed by atoms with Crippen molar-refractivity contribution in [2.75, 3.05) is 31.5 Å². The highest BCUT2D eigenvalue weighted by atomic mass is 35.5. The van der Waals surface area contributed by atoms with Gasteiger partial charge in [-0.1, -0.05) is 29.3 Å². The fourth-order valence-electron chi connectivity index (χ4n) is 6.04. The van der Waals surface area contributed by atoms with Gasteiger partial charge in [0, 0.05) is 47.8 Å². The van der Waals surface area contributed by atoms with E-state index in [9.17, 15) is 14.7 Å². The Hall–Kier alpha value is -2.35. The zero-order valence-corrected chi connectivity index (χ0v) is 22.0. The first-order valence-electron chi connectivity index (χ1n) is 12.6. The summed E-state index contributed by atoms with van der Waals surface area (Å²) < 4.78 is 0. The Kier molecular flexibility index (Phi) is 7.16. The summed E-state index contributed by atoms with van der Waals surface area (Å²) in [5.41, 5.74) is 4.59. The van der Waals surface area contributed by atoms with Crippen molar-refractivity contribution in [2.24, 2.45) is 11.3 Å². The Labute approximate surface area is 221 Å². The van der Waals surface area contributed by atoms with Crippen LogP contribution in [0.5, 0.6) is 0 Å². The third kappa shape index (κ3) is 5.48. The van der Waals surface area contributed by atoms with Crippen LogP contribution in [0.15, 0.2) is 24.3 Å². The van der Waals surface area contributed by atoms with Gasteiger partial charge in [-0.3, -0.25) is 9.59 Å². The molecule has 0 bridgehead atoms. The van der Waals surface area contributed by atoms with E-state index in [2.05, 4.69) is 28.5 Å². The maximum absolute atomic E-state index is 12.9. The van der Waals surface area contributed by atoms with Gasteiger partial charge in [-0.15, -0.1) is 0 Å². The summed E-state index contributed by atoms with van der Waals surface area (Å²) >= 11 is 12.2. The van der Waals surface area contributed by atoms with Crippen molar-refractivity contribution < 1.29 is 14.7 Å². The summed E-state index contributed by atoms with van der Waals surface area (Å²) in [6, 6.07) is 6.56. The minimum atomic E-state index is -0.989. The Balaban J connectivity index is 1.11. The van der Waals surface area contributed by atoms with Crippen LogP contribution in [0.1, 0.15) is 54.1 Å². The molecule has 7 nitrogen and oxygen atoms in total. The molecule has 1 saturated heterocycles. The lowest BCUT2D eigenvalue weighted by molar-refractivity contribution is -0.145. The quantitative estimate of drug-likeness (QED) is 0.460. The van der Waals surface area contributed by atoms with Crippen LogP contribution < -0.4 is 10.6 Å². The van der Waals surface area contributed by atoms with Gasteiger partial charge in [0.2, 0.25) is 5.91 Å². The molecule has 1 amide bonds. The second-order valence-corrected chi connectivity index (χ2v) is 11.6. The van der Waals surface area contributed by atoms with Gasteiger partial charge in [-0.05, 0) is 79.3 Å². The van der Waals surface area contributed by atoms with E-state index < -0.39 is 12.0 Å². The molecule has 9 heteroatoms. The highest BCUT2D eigenvalue weighted by molar-refractivity contribution is 6.34. The third-order valence-corrected chi connectivity index (χ3v) is 8.28. The number of hydrogen-bond acceptors (Lipinski definition) is 5. The summed E-state index contributed by atoms with van der Waals surface area (Å²) in [7, 11) is 0. The van der Waals surface area contributed by atoms with Crippen LogP contribution in [0.2, 0.25) is 10.0 Å². The molecule has 1 saturated carbocycles. The number of carbonyl (C=O) groups excluding carboxylic acids is 1. The van der Waals surface area contributed by atoms with Gasteiger partial charge in [0.1, 0.15) is 5.82 Å². The van der Waals surface area contributed by atoms with Crippen LogP contribution in [0.3, 0.4) is 0 Å². The fraction of sp³-hybridized carbons (Fsp3) is 0.519. The zero-order chi connectivity index (χ0) is 25.4. The first-order valence-corrected chi connectivity index (χ1v) is 13.4.